The second-order valence-corrected chi connectivity index (χ2v) is 9.50. The van der Waals surface area contributed by atoms with Gasteiger partial charge in [-0.1, -0.05) is 0 Å². The minimum absolute atomic E-state index is 0.00530. The van der Waals surface area contributed by atoms with Crippen molar-refractivity contribution in [3.63, 3.8) is 0 Å². The summed E-state index contributed by atoms with van der Waals surface area (Å²) in [5.74, 6) is 2.82. The second-order valence-electron chi connectivity index (χ2n) is 9.50. The summed E-state index contributed by atoms with van der Waals surface area (Å²) in [5, 5.41) is 5.84. The van der Waals surface area contributed by atoms with Gasteiger partial charge in [0.1, 0.15) is 6.04 Å². The molecule has 5 nitrogen and oxygen atoms in total. The highest BCUT2D eigenvalue weighted by molar-refractivity contribution is 5.88. The third kappa shape index (κ3) is 3.86. The van der Waals surface area contributed by atoms with Gasteiger partial charge < -0.3 is 10.6 Å². The van der Waals surface area contributed by atoms with Crippen molar-refractivity contribution in [1.82, 2.24) is 15.5 Å². The van der Waals surface area contributed by atoms with E-state index in [9.17, 15) is 9.59 Å². The van der Waals surface area contributed by atoms with Crippen LogP contribution in [0.15, 0.2) is 0 Å². The first-order valence-corrected chi connectivity index (χ1v) is 10.3. The Balaban J connectivity index is 1.29. The van der Waals surface area contributed by atoms with Crippen molar-refractivity contribution in [2.24, 2.45) is 23.2 Å². The van der Waals surface area contributed by atoms with E-state index in [-0.39, 0.29) is 17.9 Å². The Kier molecular flexibility index (Phi) is 4.78. The van der Waals surface area contributed by atoms with Crippen molar-refractivity contribution in [1.29, 1.82) is 0 Å². The number of hydrogen-bond donors (Lipinski definition) is 2. The van der Waals surface area contributed by atoms with Crippen LogP contribution < -0.4 is 10.6 Å². The molecule has 5 aliphatic rings. The van der Waals surface area contributed by atoms with Crippen molar-refractivity contribution < 1.29 is 9.59 Å². The predicted octanol–water partition coefficient (Wildman–Crippen LogP) is 1.92. The fraction of sp³-hybridized carbons (Fsp3) is 0.900. The summed E-state index contributed by atoms with van der Waals surface area (Å²) in [5.41, 5.74) is 0.462. The average Bonchev–Trinajstić information content (AvgIpc) is 2.70. The van der Waals surface area contributed by atoms with E-state index >= 15 is 0 Å². The van der Waals surface area contributed by atoms with E-state index in [1.54, 1.807) is 0 Å². The van der Waals surface area contributed by atoms with Crippen molar-refractivity contribution >= 4 is 11.8 Å². The Morgan fingerprint density at radius 3 is 2.44 bits per heavy atom. The maximum atomic E-state index is 12.4. The first-order valence-electron chi connectivity index (χ1n) is 10.3. The molecule has 5 fully saturated rings. The summed E-state index contributed by atoms with van der Waals surface area (Å²) in [7, 11) is 2.07. The van der Waals surface area contributed by atoms with Crippen molar-refractivity contribution in [3.05, 3.63) is 0 Å². The highest BCUT2D eigenvalue weighted by atomic mass is 16.2. The van der Waals surface area contributed by atoms with Crippen LogP contribution in [0.5, 0.6) is 0 Å². The maximum absolute atomic E-state index is 12.4. The van der Waals surface area contributed by atoms with Gasteiger partial charge in [-0.25, -0.2) is 0 Å². The zero-order chi connectivity index (χ0) is 17.4. The van der Waals surface area contributed by atoms with E-state index in [0.717, 1.165) is 50.1 Å². The number of hydrogen-bond acceptors (Lipinski definition) is 3. The average molecular weight is 348 g/mol. The molecule has 0 aromatic rings. The zero-order valence-electron chi connectivity index (χ0n) is 15.6. The quantitative estimate of drug-likeness (QED) is 0.799. The molecule has 4 bridgehead atoms. The first kappa shape index (κ1) is 17.3. The fourth-order valence-electron chi connectivity index (χ4n) is 6.67. The molecule has 1 atom stereocenters. The SMILES string of the molecule is CN(CC(=O)N[C@H]1CCCCNC1=O)CC12CC3CC(CC(C3)C1)C2. The number of amides is 2. The van der Waals surface area contributed by atoms with Gasteiger partial charge >= 0.3 is 0 Å². The van der Waals surface area contributed by atoms with Crippen molar-refractivity contribution in [3.8, 4) is 0 Å². The normalized spacial score (nSPS) is 40.0. The number of nitrogens with zero attached hydrogens (tertiary/aromatic N) is 1. The molecule has 4 aliphatic carbocycles. The van der Waals surface area contributed by atoms with Gasteiger partial charge in [-0.05, 0) is 88.0 Å². The van der Waals surface area contributed by atoms with Crippen molar-refractivity contribution in [2.75, 3.05) is 26.7 Å². The van der Waals surface area contributed by atoms with Crippen LogP contribution in [0.1, 0.15) is 57.8 Å². The van der Waals surface area contributed by atoms with Crippen LogP contribution in [0.3, 0.4) is 0 Å². The Labute approximate surface area is 151 Å². The van der Waals surface area contributed by atoms with Gasteiger partial charge in [0, 0.05) is 13.1 Å². The van der Waals surface area contributed by atoms with Gasteiger partial charge in [0.25, 0.3) is 0 Å². The highest BCUT2D eigenvalue weighted by Gasteiger charge is 2.51. The molecule has 1 saturated heterocycles. The van der Waals surface area contributed by atoms with E-state index in [1.807, 2.05) is 0 Å². The summed E-state index contributed by atoms with van der Waals surface area (Å²) in [6.45, 7) is 2.18. The van der Waals surface area contributed by atoms with Gasteiger partial charge in [-0.2, -0.15) is 0 Å². The topological polar surface area (TPSA) is 61.4 Å². The Bertz CT molecular complexity index is 498. The largest absolute Gasteiger partial charge is 0.354 e. The monoisotopic (exact) mass is 347 g/mol. The zero-order valence-corrected chi connectivity index (χ0v) is 15.6. The summed E-state index contributed by atoms with van der Waals surface area (Å²) in [6, 6.07) is -0.344. The molecular weight excluding hydrogens is 314 g/mol. The molecule has 4 saturated carbocycles. The lowest BCUT2D eigenvalue weighted by Crippen LogP contribution is -2.52. The molecular formula is C20H33N3O2. The molecule has 5 heteroatoms. The second kappa shape index (κ2) is 6.90. The van der Waals surface area contributed by atoms with Crippen LogP contribution in [0.2, 0.25) is 0 Å². The lowest BCUT2D eigenvalue weighted by molar-refractivity contribution is -0.130. The first-order chi connectivity index (χ1) is 12.0. The third-order valence-corrected chi connectivity index (χ3v) is 7.05. The Morgan fingerprint density at radius 2 is 1.80 bits per heavy atom. The van der Waals surface area contributed by atoms with Crippen LogP contribution in [0, 0.1) is 23.2 Å². The predicted molar refractivity (Wildman–Crippen MR) is 96.9 cm³/mol. The Morgan fingerprint density at radius 1 is 1.16 bits per heavy atom. The molecule has 0 aromatic carbocycles. The van der Waals surface area contributed by atoms with E-state index in [1.165, 1.54) is 38.5 Å². The van der Waals surface area contributed by atoms with Crippen LogP contribution in [0.4, 0.5) is 0 Å². The van der Waals surface area contributed by atoms with Crippen LogP contribution in [0.25, 0.3) is 0 Å². The van der Waals surface area contributed by atoms with Gasteiger partial charge in [-0.3, -0.25) is 14.5 Å². The number of carbonyl (C=O) groups is 2. The van der Waals surface area contributed by atoms with E-state index < -0.39 is 0 Å². The summed E-state index contributed by atoms with van der Waals surface area (Å²) in [6.07, 6.45) is 11.2. The number of nitrogens with one attached hydrogen (secondary N) is 2. The molecule has 0 spiro atoms. The van der Waals surface area contributed by atoms with E-state index in [2.05, 4.69) is 22.6 Å². The maximum Gasteiger partial charge on any atom is 0.242 e. The molecule has 25 heavy (non-hydrogen) atoms. The lowest BCUT2D eigenvalue weighted by atomic mass is 9.49. The standard InChI is InChI=1S/C20H33N3O2/c1-23(12-18(24)22-17-4-2-3-5-21-19(17)25)13-20-9-14-6-15(10-20)8-16(7-14)11-20/h14-17H,2-13H2,1H3,(H,21,25)(H,22,24)/t14?,15?,16?,17-,20?/m0/s1. The van der Waals surface area contributed by atoms with Crippen LogP contribution in [-0.2, 0) is 9.59 Å². The number of likely N-dealkylation sites (N-methyl/N-ethyl adjacent to an activating group) is 1. The molecule has 0 radical (unpaired) electrons. The summed E-state index contributed by atoms with van der Waals surface area (Å²) < 4.78 is 0. The summed E-state index contributed by atoms with van der Waals surface area (Å²) >= 11 is 0. The highest BCUT2D eigenvalue weighted by Crippen LogP contribution is 2.60. The molecule has 0 unspecified atom stereocenters. The Hall–Kier alpha value is -1.10. The van der Waals surface area contributed by atoms with Gasteiger partial charge in [0.05, 0.1) is 6.54 Å². The summed E-state index contributed by atoms with van der Waals surface area (Å²) in [4.78, 5) is 26.6. The van der Waals surface area contributed by atoms with E-state index in [0.29, 0.717) is 12.0 Å². The minimum Gasteiger partial charge on any atom is -0.354 e. The molecule has 5 rings (SSSR count). The lowest BCUT2D eigenvalue weighted by Gasteiger charge is -2.57. The van der Waals surface area contributed by atoms with Crippen LogP contribution >= 0.6 is 0 Å². The van der Waals surface area contributed by atoms with Crippen LogP contribution in [-0.4, -0.2) is 49.4 Å². The third-order valence-electron chi connectivity index (χ3n) is 7.05. The molecule has 2 N–H and O–H groups in total. The number of carbonyl (C=O) groups excluding carboxylic acids is 2. The van der Waals surface area contributed by atoms with Crippen molar-refractivity contribution in [2.45, 2.75) is 63.8 Å². The van der Waals surface area contributed by atoms with E-state index in [4.69, 9.17) is 0 Å². The fourth-order valence-corrected chi connectivity index (χ4v) is 6.67. The molecule has 1 heterocycles. The molecule has 1 aliphatic heterocycles. The minimum atomic E-state index is -0.344. The number of rotatable bonds is 5. The van der Waals surface area contributed by atoms with Gasteiger partial charge in [0.15, 0.2) is 0 Å². The smallest absolute Gasteiger partial charge is 0.242 e. The molecule has 0 aromatic heterocycles. The molecule has 2 amide bonds. The molecule has 140 valence electrons. The van der Waals surface area contributed by atoms with Gasteiger partial charge in [0.2, 0.25) is 11.8 Å². The van der Waals surface area contributed by atoms with Gasteiger partial charge in [-0.15, -0.1) is 0 Å².